The minimum atomic E-state index is -2.01. The van der Waals surface area contributed by atoms with Crippen LogP contribution in [-0.2, 0) is 8.85 Å². The Labute approximate surface area is 114 Å². The van der Waals surface area contributed by atoms with Crippen molar-refractivity contribution >= 4 is 8.56 Å². The van der Waals surface area contributed by atoms with Crippen molar-refractivity contribution in [2.45, 2.75) is 65.0 Å². The summed E-state index contributed by atoms with van der Waals surface area (Å²) in [6.45, 7) is 10.9. The van der Waals surface area contributed by atoms with Gasteiger partial charge in [-0.3, -0.25) is 0 Å². The lowest BCUT2D eigenvalue weighted by atomic mass is 10.2. The maximum absolute atomic E-state index is 6.11. The van der Waals surface area contributed by atoms with Crippen LogP contribution in [0.1, 0.15) is 53.4 Å². The first-order chi connectivity index (χ1) is 8.16. The SMILES string of the molecule is CCCC[Si](OCC)(OCC)C(C)CCCN.N. The predicted octanol–water partition coefficient (Wildman–Crippen LogP) is 3.59. The molecule has 112 valence electrons. The maximum Gasteiger partial charge on any atom is 0.341 e. The predicted molar refractivity (Wildman–Crippen MR) is 81.5 cm³/mol. The summed E-state index contributed by atoms with van der Waals surface area (Å²) in [6, 6.07) is 1.12. The van der Waals surface area contributed by atoms with Crippen LogP contribution in [0, 0.1) is 0 Å². The van der Waals surface area contributed by atoms with Crippen LogP contribution in [0.3, 0.4) is 0 Å². The average molecular weight is 279 g/mol. The van der Waals surface area contributed by atoms with E-state index in [4.69, 9.17) is 14.6 Å². The van der Waals surface area contributed by atoms with Gasteiger partial charge in [0.15, 0.2) is 0 Å². The molecule has 0 saturated heterocycles. The van der Waals surface area contributed by atoms with Gasteiger partial charge in [0.1, 0.15) is 0 Å². The van der Waals surface area contributed by atoms with E-state index in [2.05, 4.69) is 27.7 Å². The van der Waals surface area contributed by atoms with Crippen molar-refractivity contribution in [3.05, 3.63) is 0 Å². The highest BCUT2D eigenvalue weighted by Crippen LogP contribution is 2.33. The van der Waals surface area contributed by atoms with Crippen molar-refractivity contribution in [3.8, 4) is 0 Å². The number of hydrogen-bond acceptors (Lipinski definition) is 4. The summed E-state index contributed by atoms with van der Waals surface area (Å²) in [5.74, 6) is 0. The lowest BCUT2D eigenvalue weighted by Crippen LogP contribution is -2.46. The number of hydrogen-bond donors (Lipinski definition) is 2. The van der Waals surface area contributed by atoms with E-state index in [1.165, 1.54) is 12.8 Å². The highest BCUT2D eigenvalue weighted by Gasteiger charge is 2.41. The van der Waals surface area contributed by atoms with Gasteiger partial charge in [-0.1, -0.05) is 26.7 Å². The molecular formula is C13H34N2O2Si. The molecule has 0 heterocycles. The Balaban J connectivity index is 0. The highest BCUT2D eigenvalue weighted by atomic mass is 28.4. The fraction of sp³-hybridized carbons (Fsp3) is 1.00. The standard InChI is InChI=1S/C13H31NO2Si.H3N/c1-5-8-12-17(15-6-2,16-7-3)13(4)10-9-11-14;/h13H,5-12,14H2,1-4H3;1H3. The Kier molecular flexibility index (Phi) is 13.7. The van der Waals surface area contributed by atoms with Gasteiger partial charge in [-0.15, -0.1) is 0 Å². The van der Waals surface area contributed by atoms with Crippen molar-refractivity contribution in [1.29, 1.82) is 0 Å². The van der Waals surface area contributed by atoms with Gasteiger partial charge in [-0.05, 0) is 44.8 Å². The van der Waals surface area contributed by atoms with E-state index in [1.807, 2.05) is 0 Å². The van der Waals surface area contributed by atoms with Crippen molar-refractivity contribution in [2.75, 3.05) is 19.8 Å². The van der Waals surface area contributed by atoms with Crippen LogP contribution in [0.15, 0.2) is 0 Å². The molecule has 0 amide bonds. The summed E-state index contributed by atoms with van der Waals surface area (Å²) >= 11 is 0. The zero-order chi connectivity index (χ0) is 13.1. The monoisotopic (exact) mass is 278 g/mol. The molecule has 0 aromatic rings. The van der Waals surface area contributed by atoms with Gasteiger partial charge in [0, 0.05) is 13.2 Å². The normalized spacial score (nSPS) is 13.2. The van der Waals surface area contributed by atoms with E-state index in [9.17, 15) is 0 Å². The summed E-state index contributed by atoms with van der Waals surface area (Å²) in [5.41, 5.74) is 6.14. The number of rotatable bonds is 11. The number of nitrogens with two attached hydrogens (primary N) is 1. The van der Waals surface area contributed by atoms with Crippen LogP contribution < -0.4 is 11.9 Å². The topological polar surface area (TPSA) is 79.5 Å². The molecule has 0 rings (SSSR count). The van der Waals surface area contributed by atoms with Crippen molar-refractivity contribution < 1.29 is 8.85 Å². The van der Waals surface area contributed by atoms with Gasteiger partial charge in [-0.25, -0.2) is 0 Å². The van der Waals surface area contributed by atoms with E-state index >= 15 is 0 Å². The molecule has 18 heavy (non-hydrogen) atoms. The van der Waals surface area contributed by atoms with E-state index in [-0.39, 0.29) is 6.15 Å². The molecule has 0 aliphatic heterocycles. The largest absolute Gasteiger partial charge is 0.394 e. The van der Waals surface area contributed by atoms with Gasteiger partial charge < -0.3 is 20.7 Å². The molecule has 0 aromatic carbocycles. The smallest absolute Gasteiger partial charge is 0.341 e. The van der Waals surface area contributed by atoms with Gasteiger partial charge >= 0.3 is 8.56 Å². The zero-order valence-corrected chi connectivity index (χ0v) is 13.8. The van der Waals surface area contributed by atoms with Gasteiger partial charge in [0.2, 0.25) is 0 Å². The van der Waals surface area contributed by atoms with Crippen molar-refractivity contribution in [1.82, 2.24) is 6.15 Å². The molecular weight excluding hydrogens is 244 g/mol. The Morgan fingerprint density at radius 3 is 2.00 bits per heavy atom. The maximum atomic E-state index is 6.11. The molecule has 0 radical (unpaired) electrons. The molecule has 0 fully saturated rings. The molecule has 0 aromatic heterocycles. The molecule has 0 aliphatic rings. The second-order valence-electron chi connectivity index (χ2n) is 4.61. The quantitative estimate of drug-likeness (QED) is 0.566. The molecule has 5 heteroatoms. The molecule has 4 nitrogen and oxygen atoms in total. The lowest BCUT2D eigenvalue weighted by molar-refractivity contribution is 0.170. The second kappa shape index (κ2) is 12.1. The Morgan fingerprint density at radius 2 is 1.61 bits per heavy atom. The summed E-state index contributed by atoms with van der Waals surface area (Å²) in [6.07, 6.45) is 4.62. The molecule has 0 bridgehead atoms. The third kappa shape index (κ3) is 6.85. The summed E-state index contributed by atoms with van der Waals surface area (Å²) in [4.78, 5) is 0. The molecule has 0 aliphatic carbocycles. The summed E-state index contributed by atoms with van der Waals surface area (Å²) in [7, 11) is -2.01. The Morgan fingerprint density at radius 1 is 1.06 bits per heavy atom. The van der Waals surface area contributed by atoms with Crippen molar-refractivity contribution in [3.63, 3.8) is 0 Å². The minimum Gasteiger partial charge on any atom is -0.394 e. The molecule has 0 saturated carbocycles. The number of unbranched alkanes of at least 4 members (excludes halogenated alkanes) is 1. The van der Waals surface area contributed by atoms with E-state index < -0.39 is 8.56 Å². The fourth-order valence-corrected chi connectivity index (χ4v) is 6.17. The van der Waals surface area contributed by atoms with Crippen LogP contribution in [-0.4, -0.2) is 28.3 Å². The van der Waals surface area contributed by atoms with E-state index in [0.29, 0.717) is 5.54 Å². The van der Waals surface area contributed by atoms with Crippen LogP contribution in [0.2, 0.25) is 11.6 Å². The van der Waals surface area contributed by atoms with Crippen LogP contribution in [0.25, 0.3) is 0 Å². The van der Waals surface area contributed by atoms with Gasteiger partial charge in [0.25, 0.3) is 0 Å². The van der Waals surface area contributed by atoms with Crippen LogP contribution in [0.5, 0.6) is 0 Å². The van der Waals surface area contributed by atoms with Crippen LogP contribution >= 0.6 is 0 Å². The Hall–Kier alpha value is 0.0569. The minimum absolute atomic E-state index is 0. The van der Waals surface area contributed by atoms with Gasteiger partial charge in [0.05, 0.1) is 0 Å². The van der Waals surface area contributed by atoms with Crippen LogP contribution in [0.4, 0.5) is 0 Å². The summed E-state index contributed by atoms with van der Waals surface area (Å²) in [5, 5.41) is 0. The first-order valence-corrected chi connectivity index (χ1v) is 9.24. The molecule has 0 spiro atoms. The lowest BCUT2D eigenvalue weighted by Gasteiger charge is -2.35. The van der Waals surface area contributed by atoms with Crippen molar-refractivity contribution in [2.24, 2.45) is 5.73 Å². The molecule has 1 atom stereocenters. The van der Waals surface area contributed by atoms with Gasteiger partial charge in [-0.2, -0.15) is 0 Å². The third-order valence-corrected chi connectivity index (χ3v) is 7.64. The zero-order valence-electron chi connectivity index (χ0n) is 12.8. The van der Waals surface area contributed by atoms with E-state index in [1.54, 1.807) is 0 Å². The fourth-order valence-electron chi connectivity index (χ4n) is 2.27. The third-order valence-electron chi connectivity index (χ3n) is 3.25. The second-order valence-corrected chi connectivity index (χ2v) is 8.30. The molecule has 1 unspecified atom stereocenters. The highest BCUT2D eigenvalue weighted by molar-refractivity contribution is 6.68. The first kappa shape index (κ1) is 20.4. The summed E-state index contributed by atoms with van der Waals surface area (Å²) < 4.78 is 12.2. The Bertz CT molecular complexity index is 176. The molecule has 5 N–H and O–H groups in total. The first-order valence-electron chi connectivity index (χ1n) is 7.14. The average Bonchev–Trinajstić information content (AvgIpc) is 2.33. The van der Waals surface area contributed by atoms with E-state index in [0.717, 1.165) is 38.6 Å².